The number of aromatic nitrogens is 4. The largest absolute Gasteiger partial charge is 0.379 e. The minimum absolute atomic E-state index is 0.0709. The molecule has 1 fully saturated rings. The molecule has 2 aromatic rings. The van der Waals surface area contributed by atoms with Crippen LogP contribution in [0.3, 0.4) is 0 Å². The van der Waals surface area contributed by atoms with Gasteiger partial charge in [-0.05, 0) is 29.0 Å². The molecular weight excluding hydrogens is 344 g/mol. The first-order valence-corrected chi connectivity index (χ1v) is 8.60. The molecule has 8 nitrogen and oxygen atoms in total. The number of nitrogens with one attached hydrogen (secondary N) is 1. The normalized spacial score (nSPS) is 16.6. The van der Waals surface area contributed by atoms with Gasteiger partial charge in [0.2, 0.25) is 5.91 Å². The molecule has 3 rings (SSSR count). The van der Waals surface area contributed by atoms with E-state index in [1.54, 1.807) is 6.07 Å². The van der Waals surface area contributed by atoms with Crippen molar-refractivity contribution in [3.63, 3.8) is 0 Å². The number of rotatable bonds is 6. The lowest BCUT2D eigenvalue weighted by molar-refractivity contribution is -0.122. The van der Waals surface area contributed by atoms with Gasteiger partial charge in [0.25, 0.3) is 0 Å². The molecule has 1 unspecified atom stereocenters. The van der Waals surface area contributed by atoms with E-state index in [1.807, 2.05) is 25.1 Å². The van der Waals surface area contributed by atoms with Crippen LogP contribution in [0.1, 0.15) is 24.4 Å². The molecule has 0 bridgehead atoms. The lowest BCUT2D eigenvalue weighted by Crippen LogP contribution is -2.37. The van der Waals surface area contributed by atoms with Crippen molar-refractivity contribution in [3.05, 3.63) is 40.7 Å². The average Bonchev–Trinajstić information content (AvgIpc) is 3.02. The van der Waals surface area contributed by atoms with Crippen molar-refractivity contribution < 1.29 is 9.53 Å². The van der Waals surface area contributed by atoms with Gasteiger partial charge in [0.1, 0.15) is 6.54 Å². The number of carbonyl (C=O) groups is 1. The van der Waals surface area contributed by atoms with Crippen LogP contribution in [0.2, 0.25) is 5.02 Å². The second-order valence-electron chi connectivity index (χ2n) is 5.95. The van der Waals surface area contributed by atoms with Gasteiger partial charge in [-0.1, -0.05) is 29.8 Å². The Bertz CT molecular complexity index is 716. The summed E-state index contributed by atoms with van der Waals surface area (Å²) in [4.78, 5) is 14.6. The van der Waals surface area contributed by atoms with Crippen LogP contribution in [0.4, 0.5) is 0 Å². The van der Waals surface area contributed by atoms with Crippen LogP contribution in [0.5, 0.6) is 0 Å². The van der Waals surface area contributed by atoms with E-state index in [0.717, 1.165) is 18.7 Å². The van der Waals surface area contributed by atoms with Gasteiger partial charge in [-0.3, -0.25) is 9.69 Å². The zero-order valence-corrected chi connectivity index (χ0v) is 14.8. The molecule has 1 atom stereocenters. The number of amides is 1. The zero-order chi connectivity index (χ0) is 17.6. The first kappa shape index (κ1) is 17.8. The highest BCUT2D eigenvalue weighted by molar-refractivity contribution is 6.31. The second-order valence-corrected chi connectivity index (χ2v) is 6.36. The van der Waals surface area contributed by atoms with Crippen LogP contribution < -0.4 is 5.32 Å². The van der Waals surface area contributed by atoms with Crippen LogP contribution in [-0.4, -0.2) is 57.3 Å². The van der Waals surface area contributed by atoms with Crippen molar-refractivity contribution in [3.8, 4) is 0 Å². The number of hydrogen-bond donors (Lipinski definition) is 1. The Balaban J connectivity index is 1.58. The van der Waals surface area contributed by atoms with Crippen molar-refractivity contribution in [2.24, 2.45) is 0 Å². The number of benzene rings is 1. The maximum absolute atomic E-state index is 12.3. The molecule has 0 saturated carbocycles. The average molecular weight is 365 g/mol. The van der Waals surface area contributed by atoms with E-state index in [0.29, 0.717) is 30.6 Å². The quantitative estimate of drug-likeness (QED) is 0.824. The third-order valence-corrected chi connectivity index (χ3v) is 4.46. The summed E-state index contributed by atoms with van der Waals surface area (Å²) >= 11 is 6.17. The van der Waals surface area contributed by atoms with E-state index in [1.165, 1.54) is 4.68 Å². The summed E-state index contributed by atoms with van der Waals surface area (Å²) in [5.74, 6) is 0.505. The molecule has 1 aromatic carbocycles. The Morgan fingerprint density at radius 3 is 2.88 bits per heavy atom. The van der Waals surface area contributed by atoms with Gasteiger partial charge in [0.05, 0.1) is 25.8 Å². The Kier molecular flexibility index (Phi) is 5.95. The molecule has 1 saturated heterocycles. The molecule has 1 amide bonds. The molecule has 1 N–H and O–H groups in total. The van der Waals surface area contributed by atoms with E-state index < -0.39 is 0 Å². The lowest BCUT2D eigenvalue weighted by Gasteiger charge is -2.25. The Morgan fingerprint density at radius 2 is 2.12 bits per heavy atom. The van der Waals surface area contributed by atoms with Crippen molar-refractivity contribution >= 4 is 17.5 Å². The minimum atomic E-state index is -0.194. The number of carbonyl (C=O) groups excluding carboxylic acids is 1. The SMILES string of the molecule is CC(NC(=O)Cn1nnnc1CN1CCOCC1)c1ccccc1Cl. The van der Waals surface area contributed by atoms with Crippen LogP contribution >= 0.6 is 11.6 Å². The zero-order valence-electron chi connectivity index (χ0n) is 14.1. The van der Waals surface area contributed by atoms with E-state index in [-0.39, 0.29) is 18.5 Å². The maximum Gasteiger partial charge on any atom is 0.242 e. The third-order valence-electron chi connectivity index (χ3n) is 4.12. The molecule has 1 aliphatic rings. The van der Waals surface area contributed by atoms with Crippen LogP contribution in [0, 0.1) is 0 Å². The van der Waals surface area contributed by atoms with Gasteiger partial charge in [-0.15, -0.1) is 5.10 Å². The molecule has 2 heterocycles. The molecule has 9 heteroatoms. The van der Waals surface area contributed by atoms with Crippen molar-refractivity contribution in [1.82, 2.24) is 30.4 Å². The second kappa shape index (κ2) is 8.37. The van der Waals surface area contributed by atoms with Crippen molar-refractivity contribution in [2.75, 3.05) is 26.3 Å². The Labute approximate surface area is 151 Å². The predicted octanol–water partition coefficient (Wildman–Crippen LogP) is 1.04. The van der Waals surface area contributed by atoms with Crippen molar-refractivity contribution in [2.45, 2.75) is 26.1 Å². The number of ether oxygens (including phenoxy) is 1. The molecule has 1 aliphatic heterocycles. The number of tetrazole rings is 1. The summed E-state index contributed by atoms with van der Waals surface area (Å²) in [6.07, 6.45) is 0. The first-order valence-electron chi connectivity index (χ1n) is 8.22. The molecule has 0 spiro atoms. The van der Waals surface area contributed by atoms with E-state index >= 15 is 0 Å². The fourth-order valence-corrected chi connectivity index (χ4v) is 3.05. The predicted molar refractivity (Wildman–Crippen MR) is 91.9 cm³/mol. The molecule has 0 radical (unpaired) electrons. The van der Waals surface area contributed by atoms with Gasteiger partial charge < -0.3 is 10.1 Å². The topological polar surface area (TPSA) is 85.2 Å². The van der Waals surface area contributed by atoms with Crippen LogP contribution in [-0.2, 0) is 22.6 Å². The van der Waals surface area contributed by atoms with Crippen molar-refractivity contribution in [1.29, 1.82) is 0 Å². The Hall–Kier alpha value is -2.03. The smallest absolute Gasteiger partial charge is 0.242 e. The highest BCUT2D eigenvalue weighted by Gasteiger charge is 2.18. The third kappa shape index (κ3) is 4.75. The highest BCUT2D eigenvalue weighted by atomic mass is 35.5. The highest BCUT2D eigenvalue weighted by Crippen LogP contribution is 2.22. The summed E-state index contributed by atoms with van der Waals surface area (Å²) < 4.78 is 6.87. The number of halogens is 1. The fraction of sp³-hybridized carbons (Fsp3) is 0.500. The molecular formula is C16H21ClN6O2. The number of nitrogens with zero attached hydrogens (tertiary/aromatic N) is 5. The number of morpholine rings is 1. The summed E-state index contributed by atoms with van der Waals surface area (Å²) in [7, 11) is 0. The minimum Gasteiger partial charge on any atom is -0.379 e. The van der Waals surface area contributed by atoms with Gasteiger partial charge in [-0.25, -0.2) is 4.68 Å². The van der Waals surface area contributed by atoms with E-state index in [2.05, 4.69) is 25.7 Å². The van der Waals surface area contributed by atoms with E-state index in [9.17, 15) is 4.79 Å². The standard InChI is InChI=1S/C16H21ClN6O2/c1-12(13-4-2-3-5-14(13)17)18-16(24)11-23-15(19-20-21-23)10-22-6-8-25-9-7-22/h2-5,12H,6-11H2,1H3,(H,18,24). The van der Waals surface area contributed by atoms with Gasteiger partial charge in [-0.2, -0.15) is 0 Å². The fourth-order valence-electron chi connectivity index (χ4n) is 2.75. The van der Waals surface area contributed by atoms with Gasteiger partial charge in [0.15, 0.2) is 5.82 Å². The summed E-state index contributed by atoms with van der Waals surface area (Å²) in [5.41, 5.74) is 0.878. The molecule has 0 aliphatic carbocycles. The molecule has 134 valence electrons. The first-order chi connectivity index (χ1) is 12.1. The number of hydrogen-bond acceptors (Lipinski definition) is 6. The summed E-state index contributed by atoms with van der Waals surface area (Å²) in [6.45, 7) is 5.65. The van der Waals surface area contributed by atoms with Crippen LogP contribution in [0.25, 0.3) is 0 Å². The summed E-state index contributed by atoms with van der Waals surface area (Å²) in [5, 5.41) is 15.2. The van der Waals surface area contributed by atoms with Gasteiger partial charge in [0, 0.05) is 18.1 Å². The van der Waals surface area contributed by atoms with E-state index in [4.69, 9.17) is 16.3 Å². The lowest BCUT2D eigenvalue weighted by atomic mass is 10.1. The Morgan fingerprint density at radius 1 is 1.36 bits per heavy atom. The molecule has 25 heavy (non-hydrogen) atoms. The summed E-state index contributed by atoms with van der Waals surface area (Å²) in [6, 6.07) is 7.26. The van der Waals surface area contributed by atoms with Gasteiger partial charge >= 0.3 is 0 Å². The molecule has 1 aromatic heterocycles. The maximum atomic E-state index is 12.3. The van der Waals surface area contributed by atoms with Crippen LogP contribution in [0.15, 0.2) is 24.3 Å². The monoisotopic (exact) mass is 364 g/mol.